The molecule has 32 heavy (non-hydrogen) atoms. The van der Waals surface area contributed by atoms with Crippen LogP contribution in [0, 0.1) is 11.8 Å². The summed E-state index contributed by atoms with van der Waals surface area (Å²) in [5.41, 5.74) is 6.79. The van der Waals surface area contributed by atoms with Crippen molar-refractivity contribution in [1.29, 1.82) is 0 Å². The first-order valence-electron chi connectivity index (χ1n) is 12.3. The highest BCUT2D eigenvalue weighted by molar-refractivity contribution is 8.00. The minimum absolute atomic E-state index is 0.0382. The van der Waals surface area contributed by atoms with E-state index in [-0.39, 0.29) is 35.3 Å². The number of carbonyl (C=O) groups excluding carboxylic acids is 2. The first-order chi connectivity index (χ1) is 15.4. The number of piperidine rings is 1. The molecule has 0 aromatic rings. The fourth-order valence-electron chi connectivity index (χ4n) is 5.53. The zero-order valence-electron chi connectivity index (χ0n) is 19.4. The highest BCUT2D eigenvalue weighted by Gasteiger charge is 2.37. The number of aliphatic hydroxyl groups is 1. The van der Waals surface area contributed by atoms with Gasteiger partial charge in [0.15, 0.2) is 0 Å². The first kappa shape index (κ1) is 24.2. The van der Waals surface area contributed by atoms with Crippen LogP contribution in [-0.4, -0.2) is 89.0 Å². The van der Waals surface area contributed by atoms with Crippen LogP contribution in [-0.2, 0) is 9.59 Å². The summed E-state index contributed by atoms with van der Waals surface area (Å²) < 4.78 is 0. The molecule has 4 fully saturated rings. The van der Waals surface area contributed by atoms with Crippen molar-refractivity contribution in [2.75, 3.05) is 33.4 Å². The Morgan fingerprint density at radius 1 is 1.19 bits per heavy atom. The molecule has 2 amide bonds. The topological polar surface area (TPSA) is 109 Å². The summed E-state index contributed by atoms with van der Waals surface area (Å²) in [6.45, 7) is 4.90. The molecule has 1 aliphatic carbocycles. The number of nitrogens with zero attached hydrogens (tertiary/aromatic N) is 2. The lowest BCUT2D eigenvalue weighted by Gasteiger charge is -2.36. The second-order valence-electron chi connectivity index (χ2n) is 10.0. The zero-order chi connectivity index (χ0) is 22.7. The molecular weight excluding hydrogens is 428 g/mol. The molecule has 7 atom stereocenters. The van der Waals surface area contributed by atoms with Gasteiger partial charge in [-0.25, -0.2) is 10.9 Å². The average molecular weight is 469 g/mol. The smallest absolute Gasteiger partial charge is 0.237 e. The Morgan fingerprint density at radius 3 is 2.75 bits per heavy atom. The van der Waals surface area contributed by atoms with Crippen LogP contribution in [0.25, 0.3) is 0 Å². The van der Waals surface area contributed by atoms with E-state index in [0.717, 1.165) is 32.4 Å². The van der Waals surface area contributed by atoms with Crippen LogP contribution in [0.3, 0.4) is 0 Å². The van der Waals surface area contributed by atoms with Crippen molar-refractivity contribution in [3.8, 4) is 0 Å². The van der Waals surface area contributed by atoms with E-state index in [0.29, 0.717) is 43.6 Å². The first-order valence-corrected chi connectivity index (χ1v) is 13.2. The number of aliphatic hydroxyl groups excluding tert-OH is 1. The minimum atomic E-state index is -0.402. The van der Waals surface area contributed by atoms with Gasteiger partial charge in [-0.3, -0.25) is 14.5 Å². The lowest BCUT2D eigenvalue weighted by molar-refractivity contribution is -0.136. The molecule has 0 bridgehead atoms. The maximum Gasteiger partial charge on any atom is 0.237 e. The molecule has 3 heterocycles. The lowest BCUT2D eigenvalue weighted by atomic mass is 9.83. The van der Waals surface area contributed by atoms with Crippen molar-refractivity contribution in [3.05, 3.63) is 0 Å². The van der Waals surface area contributed by atoms with Gasteiger partial charge in [-0.15, -0.1) is 11.8 Å². The van der Waals surface area contributed by atoms with Gasteiger partial charge in [0, 0.05) is 30.3 Å². The molecule has 4 aliphatic rings. The summed E-state index contributed by atoms with van der Waals surface area (Å²) >= 11 is 1.95. The highest BCUT2D eigenvalue weighted by Crippen LogP contribution is 2.35. The van der Waals surface area contributed by atoms with Crippen molar-refractivity contribution in [1.82, 2.24) is 31.3 Å². The summed E-state index contributed by atoms with van der Waals surface area (Å²) in [5, 5.41) is 16.9. The molecule has 4 rings (SSSR count). The number of nitrogens with one attached hydrogen (secondary N) is 4. The molecule has 0 aromatic heterocycles. The quantitative estimate of drug-likeness (QED) is 0.371. The number of thioether (sulfide) groups is 1. The number of rotatable bonds is 6. The second kappa shape index (κ2) is 11.0. The Morgan fingerprint density at radius 2 is 2.03 bits per heavy atom. The fraction of sp³-hybridized carbons (Fsp3) is 0.909. The number of carbonyl (C=O) groups is 2. The maximum absolute atomic E-state index is 13.0. The fourth-order valence-corrected chi connectivity index (χ4v) is 6.84. The number of β-amino-alcohol motifs (C(OH)–C–C–N with tert-alkyl or cyclic N) is 1. The van der Waals surface area contributed by atoms with Gasteiger partial charge in [0.1, 0.15) is 5.50 Å². The molecule has 10 heteroatoms. The molecule has 3 aliphatic heterocycles. The van der Waals surface area contributed by atoms with E-state index in [1.165, 1.54) is 6.42 Å². The van der Waals surface area contributed by atoms with E-state index in [4.69, 9.17) is 0 Å². The Balaban J connectivity index is 1.25. The molecule has 0 spiro atoms. The molecule has 5 N–H and O–H groups in total. The molecular formula is C22H40N6O3S. The monoisotopic (exact) mass is 468 g/mol. The van der Waals surface area contributed by atoms with Gasteiger partial charge in [0.2, 0.25) is 11.8 Å². The number of hydrazine groups is 1. The van der Waals surface area contributed by atoms with Gasteiger partial charge in [-0.05, 0) is 58.0 Å². The van der Waals surface area contributed by atoms with E-state index in [1.807, 2.05) is 11.8 Å². The molecule has 182 valence electrons. The predicted octanol–water partition coefficient (Wildman–Crippen LogP) is 0.0252. The van der Waals surface area contributed by atoms with Crippen molar-refractivity contribution in [2.24, 2.45) is 11.8 Å². The van der Waals surface area contributed by atoms with Crippen molar-refractivity contribution in [2.45, 2.75) is 80.8 Å². The summed E-state index contributed by atoms with van der Waals surface area (Å²) in [5.74, 6) is 0.600. The van der Waals surface area contributed by atoms with Crippen LogP contribution < -0.4 is 21.5 Å². The highest BCUT2D eigenvalue weighted by atomic mass is 32.2. The van der Waals surface area contributed by atoms with E-state index in [9.17, 15) is 14.7 Å². The summed E-state index contributed by atoms with van der Waals surface area (Å²) in [6, 6.07) is -0.0943. The third kappa shape index (κ3) is 5.95. The van der Waals surface area contributed by atoms with Gasteiger partial charge in [0.05, 0.1) is 18.8 Å². The Bertz CT molecular complexity index is 670. The van der Waals surface area contributed by atoms with Crippen molar-refractivity contribution < 1.29 is 14.7 Å². The SMILES string of the molecule is C[C@H](SC1NNCN1C)C1CCCC(NC(=O)C2CC(C(=O)N3CC[C@@H](O)C3)CCN2)C1. The average Bonchev–Trinajstić information content (AvgIpc) is 3.41. The largest absolute Gasteiger partial charge is 0.391 e. The minimum Gasteiger partial charge on any atom is -0.391 e. The van der Waals surface area contributed by atoms with Gasteiger partial charge < -0.3 is 20.6 Å². The number of hydrogen-bond donors (Lipinski definition) is 5. The van der Waals surface area contributed by atoms with Crippen molar-refractivity contribution in [3.63, 3.8) is 0 Å². The van der Waals surface area contributed by atoms with Gasteiger partial charge in [-0.2, -0.15) is 0 Å². The molecule has 1 saturated carbocycles. The van der Waals surface area contributed by atoms with Crippen LogP contribution in [0.4, 0.5) is 0 Å². The van der Waals surface area contributed by atoms with E-state index >= 15 is 0 Å². The Labute approximate surface area is 195 Å². The number of hydrogen-bond acceptors (Lipinski definition) is 8. The van der Waals surface area contributed by atoms with E-state index < -0.39 is 6.10 Å². The van der Waals surface area contributed by atoms with Gasteiger partial charge in [-0.1, -0.05) is 13.3 Å². The lowest BCUT2D eigenvalue weighted by Crippen LogP contribution is -2.54. The van der Waals surface area contributed by atoms with E-state index in [1.54, 1.807) is 4.90 Å². The summed E-state index contributed by atoms with van der Waals surface area (Å²) in [4.78, 5) is 29.9. The van der Waals surface area contributed by atoms with Crippen LogP contribution in [0.15, 0.2) is 0 Å². The van der Waals surface area contributed by atoms with Crippen LogP contribution >= 0.6 is 11.8 Å². The van der Waals surface area contributed by atoms with Gasteiger partial charge >= 0.3 is 0 Å². The van der Waals surface area contributed by atoms with Gasteiger partial charge in [0.25, 0.3) is 0 Å². The standard InChI is InChI=1S/C22H40N6O3S/c1-14(32-22-26-24-13-27(22)2)15-4-3-5-17(10-15)25-20(30)19-11-16(6-8-23-19)21(31)28-9-7-18(29)12-28/h14-19,22-24,26,29H,3-13H2,1-2H3,(H,25,30)/t14-,15?,16?,17?,18+,19?,22?/m0/s1. The third-order valence-electron chi connectivity index (χ3n) is 7.57. The van der Waals surface area contributed by atoms with E-state index in [2.05, 4.69) is 40.4 Å². The van der Waals surface area contributed by atoms with Crippen LogP contribution in [0.1, 0.15) is 51.9 Å². The zero-order valence-corrected chi connectivity index (χ0v) is 20.2. The number of likely N-dealkylation sites (tertiary alicyclic amines) is 1. The summed E-state index contributed by atoms with van der Waals surface area (Å²) in [7, 11) is 2.11. The molecule has 0 aromatic carbocycles. The normalized spacial score (nSPS) is 37.4. The Hall–Kier alpha value is -0.910. The molecule has 0 radical (unpaired) electrons. The Kier molecular flexibility index (Phi) is 8.33. The second-order valence-corrected chi connectivity index (χ2v) is 11.5. The molecule has 5 unspecified atom stereocenters. The van der Waals surface area contributed by atoms with Crippen LogP contribution in [0.2, 0.25) is 0 Å². The predicted molar refractivity (Wildman–Crippen MR) is 125 cm³/mol. The maximum atomic E-state index is 13.0. The van der Waals surface area contributed by atoms with Crippen LogP contribution in [0.5, 0.6) is 0 Å². The summed E-state index contributed by atoms with van der Waals surface area (Å²) in [6.07, 6.45) is 5.96. The van der Waals surface area contributed by atoms with Crippen molar-refractivity contribution >= 4 is 23.6 Å². The number of amides is 2. The molecule has 3 saturated heterocycles. The third-order valence-corrected chi connectivity index (χ3v) is 9.12. The molecule has 9 nitrogen and oxygen atoms in total.